The van der Waals surface area contributed by atoms with E-state index in [9.17, 15) is 51.1 Å². The molecule has 15 heteroatoms. The van der Waals surface area contributed by atoms with Gasteiger partial charge >= 0.3 is 11.3 Å². The van der Waals surface area contributed by atoms with E-state index in [-0.39, 0.29) is 33.8 Å². The number of benzene rings is 2. The van der Waals surface area contributed by atoms with Gasteiger partial charge in [0.05, 0.1) is 24.3 Å². The van der Waals surface area contributed by atoms with Gasteiger partial charge in [0.25, 0.3) is 0 Å². The molecule has 15 nitrogen and oxygen atoms in total. The molecule has 10 N–H and O–H groups in total. The van der Waals surface area contributed by atoms with Crippen LogP contribution in [0, 0.1) is 0 Å². The average Bonchev–Trinajstić information content (AvgIpc) is 2.95. The Bertz CT molecular complexity index is 1430. The summed E-state index contributed by atoms with van der Waals surface area (Å²) in [6, 6.07) is 7.20. The van der Waals surface area contributed by atoms with Gasteiger partial charge in [-0.2, -0.15) is 0 Å². The SMILES string of the molecule is C[C@H]1O[C@H](O[C@H]2[C@H](Oc3cc4c(O)cc(O)cc4[o+]c3-c3ccc(O)c(O)c3)O[C@H](CO)[C@@H](O)[C@@H]2O)[C@@H](O)[C@@H](O)[C@@H]1O. The molecule has 0 spiro atoms. The number of hydrogen-bond acceptors (Lipinski definition) is 14. The van der Waals surface area contributed by atoms with Crippen LogP contribution < -0.4 is 4.74 Å². The summed E-state index contributed by atoms with van der Waals surface area (Å²) in [5, 5.41) is 102. The lowest BCUT2D eigenvalue weighted by molar-refractivity contribution is -0.354. The zero-order chi connectivity index (χ0) is 30.5. The van der Waals surface area contributed by atoms with Crippen LogP contribution in [0.2, 0.25) is 0 Å². The van der Waals surface area contributed by atoms with E-state index >= 15 is 0 Å². The highest BCUT2D eigenvalue weighted by Crippen LogP contribution is 2.42. The van der Waals surface area contributed by atoms with Crippen LogP contribution in [-0.4, -0.2) is 119 Å². The molecule has 0 amide bonds. The third-order valence-electron chi connectivity index (χ3n) is 7.22. The van der Waals surface area contributed by atoms with E-state index in [1.54, 1.807) is 0 Å². The van der Waals surface area contributed by atoms with Crippen molar-refractivity contribution in [3.63, 3.8) is 0 Å². The summed E-state index contributed by atoms with van der Waals surface area (Å²) in [5.74, 6) is -1.98. The van der Waals surface area contributed by atoms with Gasteiger partial charge < -0.3 is 70.0 Å². The van der Waals surface area contributed by atoms with Crippen LogP contribution in [-0.2, 0) is 14.2 Å². The molecule has 2 aliphatic rings. The fourth-order valence-electron chi connectivity index (χ4n) is 4.84. The van der Waals surface area contributed by atoms with Crippen molar-refractivity contribution in [1.82, 2.24) is 0 Å². The van der Waals surface area contributed by atoms with Gasteiger partial charge in [-0.05, 0) is 19.1 Å². The quantitative estimate of drug-likeness (QED) is 0.124. The van der Waals surface area contributed by atoms with E-state index < -0.39 is 85.3 Å². The first-order valence-corrected chi connectivity index (χ1v) is 12.9. The Labute approximate surface area is 237 Å². The van der Waals surface area contributed by atoms with Gasteiger partial charge in [0.1, 0.15) is 53.5 Å². The summed E-state index contributed by atoms with van der Waals surface area (Å²) in [7, 11) is 0. The van der Waals surface area contributed by atoms with Crippen molar-refractivity contribution in [2.75, 3.05) is 6.61 Å². The molecule has 3 heterocycles. The van der Waals surface area contributed by atoms with Crippen LogP contribution in [0.5, 0.6) is 28.7 Å². The lowest BCUT2D eigenvalue weighted by atomic mass is 9.97. The van der Waals surface area contributed by atoms with E-state index in [4.69, 9.17) is 23.4 Å². The van der Waals surface area contributed by atoms with Crippen molar-refractivity contribution in [1.29, 1.82) is 0 Å². The standard InChI is InChI=1S/C27H30O15/c1-9-19(33)21(35)23(37)26(38-9)42-25-22(36)20(34)18(8-28)41-27(25)40-17-7-12-14(31)5-11(29)6-16(12)39-24(17)10-2-3-13(30)15(32)4-10/h2-7,9,18-23,25-28,33-37H,8H2,1H3,(H3-,29,30,31,32)/p+1/t9-,18-,19-,20-,21+,22+,23+,25-,26-,27-/m1/s1. The second-order valence-electron chi connectivity index (χ2n) is 10.1. The van der Waals surface area contributed by atoms with E-state index in [1.807, 2.05) is 0 Å². The maximum atomic E-state index is 10.9. The molecule has 0 radical (unpaired) electrons. The van der Waals surface area contributed by atoms with Crippen molar-refractivity contribution in [3.05, 3.63) is 36.4 Å². The Hall–Kier alpha value is -3.51. The molecule has 10 atom stereocenters. The molecule has 2 aromatic carbocycles. The van der Waals surface area contributed by atoms with E-state index in [0.29, 0.717) is 0 Å². The normalized spacial score (nSPS) is 33.5. The summed E-state index contributed by atoms with van der Waals surface area (Å²) in [6.07, 6.45) is -15.7. The van der Waals surface area contributed by atoms with Gasteiger partial charge in [-0.25, -0.2) is 4.42 Å². The lowest BCUT2D eigenvalue weighted by Gasteiger charge is -2.45. The molecular formula is C27H31O15+. The van der Waals surface area contributed by atoms with Crippen LogP contribution >= 0.6 is 0 Å². The summed E-state index contributed by atoms with van der Waals surface area (Å²) in [6.45, 7) is 0.658. The molecule has 0 aliphatic carbocycles. The van der Waals surface area contributed by atoms with Crippen molar-refractivity contribution in [3.8, 4) is 40.1 Å². The highest BCUT2D eigenvalue weighted by Gasteiger charge is 2.51. The predicted octanol–water partition coefficient (Wildman–Crippen LogP) is -0.766. The van der Waals surface area contributed by atoms with Crippen molar-refractivity contribution >= 4 is 11.0 Å². The van der Waals surface area contributed by atoms with Gasteiger partial charge in [0.2, 0.25) is 12.0 Å². The molecule has 0 saturated carbocycles. The van der Waals surface area contributed by atoms with Gasteiger partial charge in [0.15, 0.2) is 23.9 Å². The van der Waals surface area contributed by atoms with Gasteiger partial charge in [-0.3, -0.25) is 0 Å². The second-order valence-corrected chi connectivity index (χ2v) is 10.1. The van der Waals surface area contributed by atoms with Gasteiger partial charge in [-0.1, -0.05) is 0 Å². The number of fused-ring (bicyclic) bond motifs is 1. The van der Waals surface area contributed by atoms with Crippen LogP contribution in [0.15, 0.2) is 40.8 Å². The Kier molecular flexibility index (Phi) is 8.30. The summed E-state index contributed by atoms with van der Waals surface area (Å²) in [5.41, 5.74) is 0.137. The average molecular weight is 596 g/mol. The molecule has 42 heavy (non-hydrogen) atoms. The third-order valence-corrected chi connectivity index (χ3v) is 7.22. The molecule has 228 valence electrons. The molecular weight excluding hydrogens is 564 g/mol. The highest BCUT2D eigenvalue weighted by atomic mass is 16.8. The van der Waals surface area contributed by atoms with Crippen molar-refractivity contribution < 1.29 is 74.4 Å². The zero-order valence-corrected chi connectivity index (χ0v) is 22.0. The predicted molar refractivity (Wildman–Crippen MR) is 138 cm³/mol. The molecule has 2 saturated heterocycles. The number of ether oxygens (including phenoxy) is 4. The first-order valence-electron chi connectivity index (χ1n) is 12.9. The van der Waals surface area contributed by atoms with Crippen molar-refractivity contribution in [2.45, 2.75) is 68.3 Å². The Morgan fingerprint density at radius 1 is 0.762 bits per heavy atom. The highest BCUT2D eigenvalue weighted by molar-refractivity contribution is 5.88. The van der Waals surface area contributed by atoms with E-state index in [0.717, 1.165) is 12.1 Å². The lowest BCUT2D eigenvalue weighted by Crippen LogP contribution is -2.64. The van der Waals surface area contributed by atoms with Crippen LogP contribution in [0.4, 0.5) is 0 Å². The Morgan fingerprint density at radius 2 is 1.50 bits per heavy atom. The number of phenolic OH excluding ortho intramolecular Hbond substituents is 4. The minimum Gasteiger partial charge on any atom is -0.507 e. The van der Waals surface area contributed by atoms with Gasteiger partial charge in [0, 0.05) is 18.2 Å². The third kappa shape index (κ3) is 5.49. The topological polar surface area (TPSA) is 251 Å². The maximum absolute atomic E-state index is 10.9. The van der Waals surface area contributed by atoms with Crippen LogP contribution in [0.25, 0.3) is 22.3 Å². The van der Waals surface area contributed by atoms with Crippen LogP contribution in [0.1, 0.15) is 6.92 Å². The maximum Gasteiger partial charge on any atom is 0.402 e. The number of hydrogen-bond donors (Lipinski definition) is 10. The molecule has 2 aliphatic heterocycles. The van der Waals surface area contributed by atoms with E-state index in [1.165, 1.54) is 31.2 Å². The molecule has 5 rings (SSSR count). The fraction of sp³-hybridized carbons (Fsp3) is 0.444. The molecule has 3 aromatic rings. The second kappa shape index (κ2) is 11.6. The smallest absolute Gasteiger partial charge is 0.402 e. The molecule has 0 unspecified atom stereocenters. The number of aliphatic hydroxyl groups is 6. The monoisotopic (exact) mass is 595 g/mol. The molecule has 2 fully saturated rings. The number of aromatic hydroxyl groups is 4. The first kappa shape index (κ1) is 30.0. The Morgan fingerprint density at radius 3 is 2.19 bits per heavy atom. The zero-order valence-electron chi connectivity index (χ0n) is 22.0. The minimum absolute atomic E-state index is 0.0104. The minimum atomic E-state index is -1.81. The summed E-state index contributed by atoms with van der Waals surface area (Å²) >= 11 is 0. The van der Waals surface area contributed by atoms with Crippen LogP contribution in [0.3, 0.4) is 0 Å². The number of phenols is 4. The fourth-order valence-corrected chi connectivity index (χ4v) is 4.84. The largest absolute Gasteiger partial charge is 0.507 e. The first-order chi connectivity index (χ1) is 19.9. The Balaban J connectivity index is 1.57. The summed E-state index contributed by atoms with van der Waals surface area (Å²) in [4.78, 5) is 0. The van der Waals surface area contributed by atoms with E-state index in [2.05, 4.69) is 0 Å². The van der Waals surface area contributed by atoms with Gasteiger partial charge in [-0.15, -0.1) is 0 Å². The van der Waals surface area contributed by atoms with Crippen molar-refractivity contribution in [2.24, 2.45) is 0 Å². The summed E-state index contributed by atoms with van der Waals surface area (Å²) < 4.78 is 28.8. The molecule has 1 aromatic heterocycles. The molecule has 0 bridgehead atoms. The number of rotatable bonds is 6. The number of aliphatic hydroxyl groups excluding tert-OH is 6.